The van der Waals surface area contributed by atoms with Crippen LogP contribution in [0.2, 0.25) is 0 Å². The first-order valence-corrected chi connectivity index (χ1v) is 6.95. The molecule has 0 bridgehead atoms. The summed E-state index contributed by atoms with van der Waals surface area (Å²) in [7, 11) is 0. The number of hydrogen-bond acceptors (Lipinski definition) is 1. The van der Waals surface area contributed by atoms with Gasteiger partial charge in [0, 0.05) is 21.4 Å². The van der Waals surface area contributed by atoms with E-state index >= 15 is 0 Å². The van der Waals surface area contributed by atoms with Crippen molar-refractivity contribution in [3.05, 3.63) is 56.1 Å². The standard InChI is InChI=1S/C13H12BrIN/c1-9-8-11(15)4-7-13(9)16-12-5-2-10(14)3-6-12/h2,4-8,16H,3H2,1H3. The third-order valence-corrected chi connectivity index (χ3v) is 3.69. The number of benzene rings is 1. The largest absolute Gasteiger partial charge is 0.358 e. The highest BCUT2D eigenvalue weighted by molar-refractivity contribution is 14.1. The average molecular weight is 389 g/mol. The predicted octanol–water partition coefficient (Wildman–Crippen LogP) is 4.78. The molecule has 0 unspecified atom stereocenters. The van der Waals surface area contributed by atoms with E-state index in [2.05, 4.69) is 87.5 Å². The van der Waals surface area contributed by atoms with Crippen LogP contribution in [0, 0.1) is 16.9 Å². The second-order valence-corrected chi connectivity index (χ2v) is 5.99. The van der Waals surface area contributed by atoms with Gasteiger partial charge in [0.15, 0.2) is 0 Å². The zero-order valence-electron chi connectivity index (χ0n) is 8.93. The van der Waals surface area contributed by atoms with E-state index in [1.807, 2.05) is 0 Å². The van der Waals surface area contributed by atoms with Crippen molar-refractivity contribution in [3.8, 4) is 0 Å². The Morgan fingerprint density at radius 3 is 2.75 bits per heavy atom. The summed E-state index contributed by atoms with van der Waals surface area (Å²) in [5.41, 5.74) is 3.61. The predicted molar refractivity (Wildman–Crippen MR) is 81.5 cm³/mol. The van der Waals surface area contributed by atoms with Crippen LogP contribution < -0.4 is 5.32 Å². The first kappa shape index (κ1) is 12.2. The van der Waals surface area contributed by atoms with Crippen molar-refractivity contribution in [3.63, 3.8) is 0 Å². The van der Waals surface area contributed by atoms with Crippen LogP contribution in [0.3, 0.4) is 0 Å². The number of anilines is 1. The molecule has 16 heavy (non-hydrogen) atoms. The summed E-state index contributed by atoms with van der Waals surface area (Å²) in [5.74, 6) is 0. The van der Waals surface area contributed by atoms with Gasteiger partial charge in [-0.25, -0.2) is 0 Å². The molecule has 0 aliphatic heterocycles. The molecule has 0 amide bonds. The highest BCUT2D eigenvalue weighted by Gasteiger charge is 2.06. The smallest absolute Gasteiger partial charge is 0.0412 e. The average Bonchev–Trinajstić information content (AvgIpc) is 2.25. The zero-order valence-corrected chi connectivity index (χ0v) is 12.7. The number of rotatable bonds is 2. The van der Waals surface area contributed by atoms with Crippen molar-refractivity contribution >= 4 is 44.2 Å². The second-order valence-electron chi connectivity index (χ2n) is 3.73. The fourth-order valence-corrected chi connectivity index (χ4v) is 2.48. The van der Waals surface area contributed by atoms with E-state index < -0.39 is 0 Å². The summed E-state index contributed by atoms with van der Waals surface area (Å²) in [6, 6.07) is 6.42. The Hall–Kier alpha value is -0.290. The van der Waals surface area contributed by atoms with Crippen LogP contribution in [0.4, 0.5) is 5.69 Å². The summed E-state index contributed by atoms with van der Waals surface area (Å²) in [6.45, 7) is 2.12. The third kappa shape index (κ3) is 3.10. The lowest BCUT2D eigenvalue weighted by Crippen LogP contribution is -2.04. The van der Waals surface area contributed by atoms with Gasteiger partial charge in [-0.2, -0.15) is 0 Å². The molecule has 83 valence electrons. The Morgan fingerprint density at radius 2 is 2.12 bits per heavy atom. The number of aryl methyl sites for hydroxylation is 1. The van der Waals surface area contributed by atoms with E-state index in [4.69, 9.17) is 0 Å². The maximum Gasteiger partial charge on any atom is 0.0412 e. The molecule has 2 rings (SSSR count). The van der Waals surface area contributed by atoms with Crippen LogP contribution in [0.5, 0.6) is 0 Å². The molecule has 1 aliphatic rings. The molecule has 0 saturated carbocycles. The number of nitrogens with one attached hydrogen (secondary N) is 1. The molecule has 0 spiro atoms. The quantitative estimate of drug-likeness (QED) is 0.718. The SMILES string of the molecule is Cc1cc(I)ccc1NC1=CC=C(Br)C[CH]1. The lowest BCUT2D eigenvalue weighted by Gasteiger charge is -2.15. The fourth-order valence-electron chi connectivity index (χ4n) is 1.54. The Morgan fingerprint density at radius 1 is 1.31 bits per heavy atom. The molecular weight excluding hydrogens is 377 g/mol. The molecule has 0 heterocycles. The highest BCUT2D eigenvalue weighted by Crippen LogP contribution is 2.25. The Bertz CT molecular complexity index is 463. The number of halogens is 2. The van der Waals surface area contributed by atoms with Gasteiger partial charge in [-0.3, -0.25) is 0 Å². The molecule has 3 heteroatoms. The minimum atomic E-state index is 0.961. The lowest BCUT2D eigenvalue weighted by molar-refractivity contribution is 1.17. The first-order valence-electron chi connectivity index (χ1n) is 5.08. The van der Waals surface area contributed by atoms with Crippen LogP contribution in [0.15, 0.2) is 40.5 Å². The zero-order chi connectivity index (χ0) is 11.5. The number of allylic oxidation sites excluding steroid dienone is 4. The van der Waals surface area contributed by atoms with E-state index in [0.29, 0.717) is 0 Å². The summed E-state index contributed by atoms with van der Waals surface area (Å²) >= 11 is 5.81. The van der Waals surface area contributed by atoms with E-state index in [0.717, 1.165) is 12.1 Å². The molecular formula is C13H12BrIN. The van der Waals surface area contributed by atoms with Gasteiger partial charge in [0.25, 0.3) is 0 Å². The molecule has 1 nitrogen and oxygen atoms in total. The molecule has 0 aromatic heterocycles. The van der Waals surface area contributed by atoms with Crippen LogP contribution in [-0.4, -0.2) is 0 Å². The highest BCUT2D eigenvalue weighted by atomic mass is 127. The summed E-state index contributed by atoms with van der Waals surface area (Å²) in [6.07, 6.45) is 7.32. The Balaban J connectivity index is 2.15. The monoisotopic (exact) mass is 388 g/mol. The van der Waals surface area contributed by atoms with Crippen LogP contribution >= 0.6 is 38.5 Å². The van der Waals surface area contributed by atoms with Gasteiger partial charge >= 0.3 is 0 Å². The van der Waals surface area contributed by atoms with E-state index in [-0.39, 0.29) is 0 Å². The van der Waals surface area contributed by atoms with Crippen molar-refractivity contribution in [2.45, 2.75) is 13.3 Å². The van der Waals surface area contributed by atoms with E-state index in [1.165, 1.54) is 19.3 Å². The molecule has 1 aliphatic carbocycles. The molecule has 1 aromatic carbocycles. The van der Waals surface area contributed by atoms with Crippen molar-refractivity contribution in [1.82, 2.24) is 0 Å². The van der Waals surface area contributed by atoms with Crippen molar-refractivity contribution in [2.75, 3.05) is 5.32 Å². The second kappa shape index (κ2) is 5.36. The topological polar surface area (TPSA) is 12.0 Å². The molecule has 1 radical (unpaired) electrons. The maximum atomic E-state index is 3.48. The van der Waals surface area contributed by atoms with Crippen LogP contribution in [0.25, 0.3) is 0 Å². The van der Waals surface area contributed by atoms with Gasteiger partial charge < -0.3 is 5.32 Å². The summed E-state index contributed by atoms with van der Waals surface area (Å²) in [4.78, 5) is 0. The maximum absolute atomic E-state index is 3.48. The molecule has 0 saturated heterocycles. The first-order chi connectivity index (χ1) is 7.65. The Kier molecular flexibility index (Phi) is 4.08. The van der Waals surface area contributed by atoms with Gasteiger partial charge in [-0.05, 0) is 70.3 Å². The normalized spacial score (nSPS) is 15.4. The van der Waals surface area contributed by atoms with Crippen molar-refractivity contribution in [1.29, 1.82) is 0 Å². The van der Waals surface area contributed by atoms with Gasteiger partial charge in [0.1, 0.15) is 0 Å². The van der Waals surface area contributed by atoms with Gasteiger partial charge in [-0.1, -0.05) is 22.0 Å². The lowest BCUT2D eigenvalue weighted by atomic mass is 10.1. The van der Waals surface area contributed by atoms with Crippen molar-refractivity contribution < 1.29 is 0 Å². The van der Waals surface area contributed by atoms with Gasteiger partial charge in [0.2, 0.25) is 0 Å². The van der Waals surface area contributed by atoms with Crippen molar-refractivity contribution in [2.24, 2.45) is 0 Å². The Labute approximate surface area is 118 Å². The van der Waals surface area contributed by atoms with Gasteiger partial charge in [-0.15, -0.1) is 0 Å². The number of hydrogen-bond donors (Lipinski definition) is 1. The minimum absolute atomic E-state index is 0.961. The molecule has 1 aromatic rings. The molecule has 0 atom stereocenters. The summed E-state index contributed by atoms with van der Waals surface area (Å²) < 4.78 is 2.49. The summed E-state index contributed by atoms with van der Waals surface area (Å²) in [5, 5.41) is 3.43. The van der Waals surface area contributed by atoms with Gasteiger partial charge in [0.05, 0.1) is 0 Å². The third-order valence-electron chi connectivity index (χ3n) is 2.43. The van der Waals surface area contributed by atoms with E-state index in [1.54, 1.807) is 0 Å². The fraction of sp³-hybridized carbons (Fsp3) is 0.154. The van der Waals surface area contributed by atoms with Crippen LogP contribution in [-0.2, 0) is 0 Å². The minimum Gasteiger partial charge on any atom is -0.358 e. The molecule has 0 fully saturated rings. The molecule has 1 N–H and O–H groups in total. The van der Waals surface area contributed by atoms with E-state index in [9.17, 15) is 0 Å². The van der Waals surface area contributed by atoms with Crippen LogP contribution in [0.1, 0.15) is 12.0 Å².